The highest BCUT2D eigenvalue weighted by Gasteiger charge is 2.09. The molecule has 0 aliphatic heterocycles. The topological polar surface area (TPSA) is 46.5 Å². The summed E-state index contributed by atoms with van der Waals surface area (Å²) >= 11 is 0. The first-order valence-electron chi connectivity index (χ1n) is 5.25. The van der Waals surface area contributed by atoms with E-state index in [4.69, 9.17) is 9.84 Å². The number of ether oxygens (including phenoxy) is 1. The summed E-state index contributed by atoms with van der Waals surface area (Å²) in [5.74, 6) is -0.462. The fourth-order valence-electron chi connectivity index (χ4n) is 1.23. The minimum Gasteiger partial charge on any atom is -0.515 e. The Balaban J connectivity index is 3.72. The van der Waals surface area contributed by atoms with Gasteiger partial charge in [-0.05, 0) is 19.3 Å². The highest BCUT2D eigenvalue weighted by molar-refractivity contribution is 5.81. The Kier molecular flexibility index (Phi) is 7.99. The summed E-state index contributed by atoms with van der Waals surface area (Å²) in [6.07, 6.45) is 6.90. The zero-order valence-electron chi connectivity index (χ0n) is 9.03. The maximum absolute atomic E-state index is 11.0. The Morgan fingerprint density at radius 3 is 2.64 bits per heavy atom. The predicted molar refractivity (Wildman–Crippen MR) is 56.1 cm³/mol. The van der Waals surface area contributed by atoms with Crippen LogP contribution in [-0.4, -0.2) is 17.2 Å². The number of hydrogen-bond acceptors (Lipinski definition) is 3. The first-order valence-corrected chi connectivity index (χ1v) is 5.25. The number of aliphatic hydroxyl groups is 1. The van der Waals surface area contributed by atoms with Crippen LogP contribution in [0.4, 0.5) is 0 Å². The molecule has 0 rings (SSSR count). The predicted octanol–water partition coefficient (Wildman–Crippen LogP) is 2.96. The Hall–Kier alpha value is -0.990. The van der Waals surface area contributed by atoms with Crippen molar-refractivity contribution in [3.05, 3.63) is 12.3 Å². The van der Waals surface area contributed by atoms with Crippen LogP contribution in [0.3, 0.4) is 0 Å². The van der Waals surface area contributed by atoms with E-state index in [1.165, 1.54) is 12.8 Å². The van der Waals surface area contributed by atoms with E-state index >= 15 is 0 Å². The lowest BCUT2D eigenvalue weighted by Crippen LogP contribution is -2.15. The molecule has 0 saturated heterocycles. The molecular formula is C11H20O3. The van der Waals surface area contributed by atoms with E-state index in [2.05, 4.69) is 6.92 Å². The van der Waals surface area contributed by atoms with Crippen LogP contribution in [0.2, 0.25) is 0 Å². The van der Waals surface area contributed by atoms with Crippen LogP contribution in [0.15, 0.2) is 12.3 Å². The van der Waals surface area contributed by atoms with E-state index in [1.54, 1.807) is 0 Å². The van der Waals surface area contributed by atoms with Crippen LogP contribution >= 0.6 is 0 Å². The monoisotopic (exact) mass is 200 g/mol. The number of carbonyl (C=O) groups is 1. The number of esters is 1. The number of hydrogen-bond donors (Lipinski definition) is 1. The van der Waals surface area contributed by atoms with Gasteiger partial charge < -0.3 is 9.84 Å². The Labute approximate surface area is 85.8 Å². The third kappa shape index (κ3) is 6.52. The molecule has 3 heteroatoms. The van der Waals surface area contributed by atoms with E-state index in [-0.39, 0.29) is 6.10 Å². The van der Waals surface area contributed by atoms with Crippen molar-refractivity contribution in [2.45, 2.75) is 52.1 Å². The fourth-order valence-corrected chi connectivity index (χ4v) is 1.23. The molecule has 0 heterocycles. The van der Waals surface area contributed by atoms with Crippen molar-refractivity contribution in [3.8, 4) is 0 Å². The third-order valence-electron chi connectivity index (χ3n) is 2.08. The fraction of sp³-hybridized carbons (Fsp3) is 0.727. The van der Waals surface area contributed by atoms with Crippen LogP contribution < -0.4 is 0 Å². The van der Waals surface area contributed by atoms with Crippen molar-refractivity contribution in [1.82, 2.24) is 0 Å². The van der Waals surface area contributed by atoms with Gasteiger partial charge in [0.05, 0.1) is 12.3 Å². The summed E-state index contributed by atoms with van der Waals surface area (Å²) in [4.78, 5) is 11.0. The molecule has 0 aromatic carbocycles. The van der Waals surface area contributed by atoms with Crippen molar-refractivity contribution >= 4 is 5.97 Å². The van der Waals surface area contributed by atoms with Crippen LogP contribution in [0.25, 0.3) is 0 Å². The Morgan fingerprint density at radius 2 is 2.14 bits per heavy atom. The highest BCUT2D eigenvalue weighted by atomic mass is 16.5. The quantitative estimate of drug-likeness (QED) is 0.297. The van der Waals surface area contributed by atoms with Crippen molar-refractivity contribution in [2.75, 3.05) is 0 Å². The van der Waals surface area contributed by atoms with E-state index < -0.39 is 5.97 Å². The maximum Gasteiger partial charge on any atom is 0.334 e. The summed E-state index contributed by atoms with van der Waals surface area (Å²) in [6.45, 7) is 4.13. The molecule has 1 atom stereocenters. The van der Waals surface area contributed by atoms with E-state index in [1.807, 2.05) is 6.92 Å². The number of unbranched alkanes of at least 4 members (excludes halogenated alkanes) is 2. The zero-order valence-corrected chi connectivity index (χ0v) is 9.03. The lowest BCUT2D eigenvalue weighted by molar-refractivity contribution is -0.143. The molecular weight excluding hydrogens is 180 g/mol. The SMILES string of the molecule is CCCCCC(CC)OC(=O)C=CO. The van der Waals surface area contributed by atoms with Gasteiger partial charge in [-0.1, -0.05) is 26.7 Å². The second-order valence-electron chi connectivity index (χ2n) is 3.28. The van der Waals surface area contributed by atoms with E-state index in [0.717, 1.165) is 25.3 Å². The summed E-state index contributed by atoms with van der Waals surface area (Å²) in [6, 6.07) is 0. The zero-order chi connectivity index (χ0) is 10.8. The average Bonchev–Trinajstić information content (AvgIpc) is 2.17. The molecule has 0 fully saturated rings. The van der Waals surface area contributed by atoms with Gasteiger partial charge in [-0.15, -0.1) is 0 Å². The van der Waals surface area contributed by atoms with Gasteiger partial charge in [0.25, 0.3) is 0 Å². The Morgan fingerprint density at radius 1 is 1.43 bits per heavy atom. The normalized spacial score (nSPS) is 13.0. The van der Waals surface area contributed by atoms with E-state index in [9.17, 15) is 4.79 Å². The van der Waals surface area contributed by atoms with Gasteiger partial charge in [0, 0.05) is 0 Å². The molecule has 0 saturated carbocycles. The van der Waals surface area contributed by atoms with Crippen molar-refractivity contribution in [2.24, 2.45) is 0 Å². The molecule has 0 radical (unpaired) electrons. The van der Waals surface area contributed by atoms with E-state index in [0.29, 0.717) is 6.26 Å². The maximum atomic E-state index is 11.0. The summed E-state index contributed by atoms with van der Waals surface area (Å²) in [7, 11) is 0. The summed E-state index contributed by atoms with van der Waals surface area (Å²) in [5.41, 5.74) is 0. The number of rotatable bonds is 7. The van der Waals surface area contributed by atoms with Crippen molar-refractivity contribution in [1.29, 1.82) is 0 Å². The smallest absolute Gasteiger partial charge is 0.334 e. The lowest BCUT2D eigenvalue weighted by atomic mass is 10.1. The number of aliphatic hydroxyl groups excluding tert-OH is 1. The highest BCUT2D eigenvalue weighted by Crippen LogP contribution is 2.10. The molecule has 3 nitrogen and oxygen atoms in total. The molecule has 1 N–H and O–H groups in total. The van der Waals surface area contributed by atoms with Crippen LogP contribution in [0, 0.1) is 0 Å². The van der Waals surface area contributed by atoms with Gasteiger partial charge in [-0.2, -0.15) is 0 Å². The first kappa shape index (κ1) is 13.0. The molecule has 0 spiro atoms. The second-order valence-corrected chi connectivity index (χ2v) is 3.28. The minimum absolute atomic E-state index is 0.00903. The van der Waals surface area contributed by atoms with Gasteiger partial charge in [0.2, 0.25) is 0 Å². The first-order chi connectivity index (χ1) is 6.74. The van der Waals surface area contributed by atoms with Crippen LogP contribution in [0.1, 0.15) is 46.0 Å². The molecule has 0 aliphatic carbocycles. The van der Waals surface area contributed by atoms with Gasteiger partial charge in [-0.25, -0.2) is 4.79 Å². The Bertz CT molecular complexity index is 175. The molecule has 82 valence electrons. The second kappa shape index (κ2) is 8.60. The largest absolute Gasteiger partial charge is 0.515 e. The standard InChI is InChI=1S/C11H20O3/c1-3-5-6-7-10(4-2)14-11(13)8-9-12/h8-10,12H,3-7H2,1-2H3. The molecule has 14 heavy (non-hydrogen) atoms. The molecule has 0 aliphatic rings. The van der Waals surface area contributed by atoms with Gasteiger partial charge in [0.1, 0.15) is 6.10 Å². The van der Waals surface area contributed by atoms with Gasteiger partial charge in [-0.3, -0.25) is 0 Å². The van der Waals surface area contributed by atoms with Gasteiger partial charge in [0.15, 0.2) is 0 Å². The third-order valence-corrected chi connectivity index (χ3v) is 2.08. The molecule has 0 aromatic heterocycles. The lowest BCUT2D eigenvalue weighted by Gasteiger charge is -2.14. The molecule has 0 aromatic rings. The molecule has 1 unspecified atom stereocenters. The molecule has 0 bridgehead atoms. The van der Waals surface area contributed by atoms with Crippen molar-refractivity contribution in [3.63, 3.8) is 0 Å². The van der Waals surface area contributed by atoms with Gasteiger partial charge >= 0.3 is 5.97 Å². The summed E-state index contributed by atoms with van der Waals surface area (Å²) < 4.78 is 5.10. The van der Waals surface area contributed by atoms with Crippen LogP contribution in [-0.2, 0) is 9.53 Å². The number of carbonyl (C=O) groups excluding carboxylic acids is 1. The summed E-state index contributed by atoms with van der Waals surface area (Å²) in [5, 5.41) is 8.36. The minimum atomic E-state index is -0.462. The molecule has 0 amide bonds. The average molecular weight is 200 g/mol. The van der Waals surface area contributed by atoms with Crippen molar-refractivity contribution < 1.29 is 14.6 Å². The van der Waals surface area contributed by atoms with Crippen LogP contribution in [0.5, 0.6) is 0 Å².